The Morgan fingerprint density at radius 1 is 1.12 bits per heavy atom. The summed E-state index contributed by atoms with van der Waals surface area (Å²) in [5.41, 5.74) is 1.70. The van der Waals surface area contributed by atoms with Gasteiger partial charge in [-0.2, -0.15) is 0 Å². The number of nitrogens with one attached hydrogen (secondary N) is 1. The molecule has 0 spiro atoms. The standard InChI is InChI=1S/C19H22FN3O2/c1-25-18-8-7-15(13-17(18)20)14-22-9-11-23(12-10-22)19(24)21-16-5-3-2-4-6-16/h2-8,13H,9-12,14H2,1H3,(H,21,24). The second-order valence-electron chi connectivity index (χ2n) is 6.03. The third kappa shape index (κ3) is 4.48. The summed E-state index contributed by atoms with van der Waals surface area (Å²) < 4.78 is 18.7. The maximum atomic E-state index is 13.8. The summed E-state index contributed by atoms with van der Waals surface area (Å²) in [6, 6.07) is 14.4. The molecule has 1 fully saturated rings. The molecule has 1 N–H and O–H groups in total. The number of para-hydroxylation sites is 1. The zero-order chi connectivity index (χ0) is 17.6. The molecule has 1 aliphatic rings. The highest BCUT2D eigenvalue weighted by atomic mass is 19.1. The van der Waals surface area contributed by atoms with Gasteiger partial charge >= 0.3 is 6.03 Å². The van der Waals surface area contributed by atoms with Gasteiger partial charge in [0.25, 0.3) is 0 Å². The fourth-order valence-corrected chi connectivity index (χ4v) is 2.90. The molecule has 2 amide bonds. The second kappa shape index (κ2) is 7.98. The van der Waals surface area contributed by atoms with Gasteiger partial charge in [0.05, 0.1) is 7.11 Å². The lowest BCUT2D eigenvalue weighted by atomic mass is 10.2. The molecule has 0 bridgehead atoms. The highest BCUT2D eigenvalue weighted by Crippen LogP contribution is 2.19. The van der Waals surface area contributed by atoms with Gasteiger partial charge in [-0.05, 0) is 29.8 Å². The molecule has 132 valence electrons. The zero-order valence-electron chi connectivity index (χ0n) is 14.2. The van der Waals surface area contributed by atoms with Crippen molar-refractivity contribution in [2.75, 3.05) is 38.6 Å². The summed E-state index contributed by atoms with van der Waals surface area (Å²) in [6.45, 7) is 3.48. The van der Waals surface area contributed by atoms with E-state index in [0.717, 1.165) is 24.3 Å². The van der Waals surface area contributed by atoms with E-state index in [9.17, 15) is 9.18 Å². The number of benzene rings is 2. The van der Waals surface area contributed by atoms with Crippen molar-refractivity contribution in [3.8, 4) is 5.75 Å². The Balaban J connectivity index is 1.50. The van der Waals surface area contributed by atoms with Gasteiger partial charge in [-0.15, -0.1) is 0 Å². The summed E-state index contributed by atoms with van der Waals surface area (Å²) in [5.74, 6) is -0.0907. The number of halogens is 1. The van der Waals surface area contributed by atoms with Crippen LogP contribution in [0, 0.1) is 5.82 Å². The van der Waals surface area contributed by atoms with Crippen LogP contribution in [0.1, 0.15) is 5.56 Å². The van der Waals surface area contributed by atoms with E-state index in [0.29, 0.717) is 19.6 Å². The van der Waals surface area contributed by atoms with E-state index in [1.165, 1.54) is 13.2 Å². The first-order valence-corrected chi connectivity index (χ1v) is 8.31. The molecule has 0 aliphatic carbocycles. The van der Waals surface area contributed by atoms with Crippen molar-refractivity contribution in [3.63, 3.8) is 0 Å². The molecule has 0 aromatic heterocycles. The molecule has 2 aromatic rings. The Labute approximate surface area is 147 Å². The van der Waals surface area contributed by atoms with Crippen molar-refractivity contribution in [3.05, 3.63) is 59.9 Å². The first-order chi connectivity index (χ1) is 12.2. The fraction of sp³-hybridized carbons (Fsp3) is 0.316. The molecular weight excluding hydrogens is 321 g/mol. The molecule has 0 atom stereocenters. The topological polar surface area (TPSA) is 44.8 Å². The summed E-state index contributed by atoms with van der Waals surface area (Å²) in [7, 11) is 1.46. The van der Waals surface area contributed by atoms with Crippen LogP contribution in [0.4, 0.5) is 14.9 Å². The molecule has 0 unspecified atom stereocenters. The van der Waals surface area contributed by atoms with Crippen LogP contribution in [0.2, 0.25) is 0 Å². The quantitative estimate of drug-likeness (QED) is 0.927. The van der Waals surface area contributed by atoms with E-state index in [1.807, 2.05) is 36.4 Å². The average molecular weight is 343 g/mol. The number of ether oxygens (including phenoxy) is 1. The van der Waals surface area contributed by atoms with Crippen LogP contribution in [0.15, 0.2) is 48.5 Å². The van der Waals surface area contributed by atoms with E-state index in [4.69, 9.17) is 4.74 Å². The molecule has 0 saturated carbocycles. The Bertz CT molecular complexity index is 716. The predicted molar refractivity (Wildman–Crippen MR) is 95.3 cm³/mol. The first kappa shape index (κ1) is 17.2. The molecule has 1 saturated heterocycles. The number of amides is 2. The third-order valence-corrected chi connectivity index (χ3v) is 4.31. The molecule has 1 heterocycles. The number of carbonyl (C=O) groups excluding carboxylic acids is 1. The van der Waals surface area contributed by atoms with E-state index < -0.39 is 0 Å². The van der Waals surface area contributed by atoms with Crippen molar-refractivity contribution in [1.82, 2.24) is 9.80 Å². The van der Waals surface area contributed by atoms with Gasteiger partial charge in [-0.25, -0.2) is 9.18 Å². The number of hydrogen-bond donors (Lipinski definition) is 1. The number of urea groups is 1. The van der Waals surface area contributed by atoms with Gasteiger partial charge in [-0.3, -0.25) is 4.90 Å². The smallest absolute Gasteiger partial charge is 0.321 e. The van der Waals surface area contributed by atoms with Crippen LogP contribution in [-0.4, -0.2) is 49.1 Å². The van der Waals surface area contributed by atoms with Crippen LogP contribution >= 0.6 is 0 Å². The van der Waals surface area contributed by atoms with Crippen molar-refractivity contribution < 1.29 is 13.9 Å². The van der Waals surface area contributed by atoms with Gasteiger partial charge in [-0.1, -0.05) is 24.3 Å². The number of hydrogen-bond acceptors (Lipinski definition) is 3. The monoisotopic (exact) mass is 343 g/mol. The van der Waals surface area contributed by atoms with E-state index in [-0.39, 0.29) is 17.6 Å². The van der Waals surface area contributed by atoms with Gasteiger partial charge in [0.2, 0.25) is 0 Å². The van der Waals surface area contributed by atoms with Crippen molar-refractivity contribution in [2.45, 2.75) is 6.54 Å². The first-order valence-electron chi connectivity index (χ1n) is 8.31. The highest BCUT2D eigenvalue weighted by molar-refractivity contribution is 5.89. The molecule has 6 heteroatoms. The van der Waals surface area contributed by atoms with Crippen LogP contribution < -0.4 is 10.1 Å². The normalized spacial score (nSPS) is 15.0. The number of rotatable bonds is 4. The third-order valence-electron chi connectivity index (χ3n) is 4.31. The van der Waals surface area contributed by atoms with Gasteiger partial charge in [0.15, 0.2) is 11.6 Å². The minimum absolute atomic E-state index is 0.0821. The molecule has 25 heavy (non-hydrogen) atoms. The SMILES string of the molecule is COc1ccc(CN2CCN(C(=O)Nc3ccccc3)CC2)cc1F. The van der Waals surface area contributed by atoms with Gasteiger partial charge in [0, 0.05) is 38.4 Å². The summed E-state index contributed by atoms with van der Waals surface area (Å²) in [5, 5.41) is 2.90. The van der Waals surface area contributed by atoms with Crippen molar-refractivity contribution in [1.29, 1.82) is 0 Å². The lowest BCUT2D eigenvalue weighted by Crippen LogP contribution is -2.49. The molecule has 1 aliphatic heterocycles. The van der Waals surface area contributed by atoms with Crippen molar-refractivity contribution >= 4 is 11.7 Å². The van der Waals surface area contributed by atoms with Crippen LogP contribution in [0.3, 0.4) is 0 Å². The maximum Gasteiger partial charge on any atom is 0.321 e. The minimum Gasteiger partial charge on any atom is -0.494 e. The van der Waals surface area contributed by atoms with E-state index in [2.05, 4.69) is 10.2 Å². The fourth-order valence-electron chi connectivity index (χ4n) is 2.90. The number of methoxy groups -OCH3 is 1. The average Bonchev–Trinajstić information content (AvgIpc) is 2.63. The minimum atomic E-state index is -0.346. The highest BCUT2D eigenvalue weighted by Gasteiger charge is 2.21. The van der Waals surface area contributed by atoms with E-state index >= 15 is 0 Å². The Hall–Kier alpha value is -2.60. The molecule has 5 nitrogen and oxygen atoms in total. The van der Waals surface area contributed by atoms with Crippen LogP contribution in [-0.2, 0) is 6.54 Å². The molecular formula is C19H22FN3O2. The van der Waals surface area contributed by atoms with Crippen molar-refractivity contribution in [2.24, 2.45) is 0 Å². The number of carbonyl (C=O) groups is 1. The molecule has 2 aromatic carbocycles. The van der Waals surface area contributed by atoms with Crippen LogP contribution in [0.25, 0.3) is 0 Å². The number of nitrogens with zero attached hydrogens (tertiary/aromatic N) is 2. The molecule has 0 radical (unpaired) electrons. The van der Waals surface area contributed by atoms with E-state index in [1.54, 1.807) is 11.0 Å². The van der Waals surface area contributed by atoms with Gasteiger partial charge in [0.1, 0.15) is 0 Å². The number of piperazine rings is 1. The second-order valence-corrected chi connectivity index (χ2v) is 6.03. The maximum absolute atomic E-state index is 13.8. The molecule has 3 rings (SSSR count). The van der Waals surface area contributed by atoms with Gasteiger partial charge < -0.3 is 15.0 Å². The summed E-state index contributed by atoms with van der Waals surface area (Å²) in [4.78, 5) is 16.3. The number of anilines is 1. The predicted octanol–water partition coefficient (Wildman–Crippen LogP) is 3.18. The Morgan fingerprint density at radius 3 is 2.48 bits per heavy atom. The van der Waals surface area contributed by atoms with Crippen LogP contribution in [0.5, 0.6) is 5.75 Å². The largest absolute Gasteiger partial charge is 0.494 e. The lowest BCUT2D eigenvalue weighted by molar-refractivity contribution is 0.143. The summed E-state index contributed by atoms with van der Waals surface area (Å²) >= 11 is 0. The lowest BCUT2D eigenvalue weighted by Gasteiger charge is -2.34. The Morgan fingerprint density at radius 2 is 1.84 bits per heavy atom. The zero-order valence-corrected chi connectivity index (χ0v) is 14.2. The summed E-state index contributed by atoms with van der Waals surface area (Å²) in [6.07, 6.45) is 0. The Kier molecular flexibility index (Phi) is 5.50.